The summed E-state index contributed by atoms with van der Waals surface area (Å²) in [5.41, 5.74) is 5.33. The van der Waals surface area contributed by atoms with E-state index in [0.29, 0.717) is 10.0 Å². The van der Waals surface area contributed by atoms with Crippen LogP contribution in [0.2, 0.25) is 10.0 Å². The van der Waals surface area contributed by atoms with Crippen LogP contribution < -0.4 is 5.32 Å². The second kappa shape index (κ2) is 8.22. The van der Waals surface area contributed by atoms with Crippen LogP contribution in [0, 0.1) is 13.8 Å². The van der Waals surface area contributed by atoms with Crippen LogP contribution in [-0.2, 0) is 0 Å². The number of thiocarbonyl (C=S) groups is 1. The molecular weight excluding hydrogens is 435 g/mol. The van der Waals surface area contributed by atoms with Gasteiger partial charge in [-0.15, -0.1) is 0 Å². The van der Waals surface area contributed by atoms with Gasteiger partial charge in [0.2, 0.25) is 0 Å². The zero-order chi connectivity index (χ0) is 21.6. The van der Waals surface area contributed by atoms with Crippen LogP contribution in [-0.4, -0.2) is 25.6 Å². The van der Waals surface area contributed by atoms with Crippen molar-refractivity contribution in [1.29, 1.82) is 0 Å². The summed E-state index contributed by atoms with van der Waals surface area (Å²) in [6, 6.07) is 14.1. The van der Waals surface area contributed by atoms with Gasteiger partial charge in [0.25, 0.3) is 0 Å². The Hall–Kier alpha value is -2.08. The van der Waals surface area contributed by atoms with Crippen molar-refractivity contribution in [3.8, 4) is 5.69 Å². The SMILES string of the molecule is Cc1cc([C@H]2[C@@H](c3ccccn3)NC(=S)N2C(C)C)c(C)n1-c1ccc(Cl)cc1Cl. The first-order valence-corrected chi connectivity index (χ1v) is 11.1. The van der Waals surface area contributed by atoms with E-state index < -0.39 is 0 Å². The molecule has 2 atom stereocenters. The highest BCUT2D eigenvalue weighted by Crippen LogP contribution is 2.42. The van der Waals surface area contributed by atoms with E-state index in [4.69, 9.17) is 35.4 Å². The van der Waals surface area contributed by atoms with Gasteiger partial charge in [-0.3, -0.25) is 4.98 Å². The Morgan fingerprint density at radius 1 is 1.10 bits per heavy atom. The summed E-state index contributed by atoms with van der Waals surface area (Å²) in [7, 11) is 0. The third-order valence-corrected chi connectivity index (χ3v) is 6.50. The number of benzene rings is 1. The molecule has 0 saturated carbocycles. The smallest absolute Gasteiger partial charge is 0.170 e. The molecule has 3 aromatic rings. The molecule has 7 heteroatoms. The van der Waals surface area contributed by atoms with Crippen molar-refractivity contribution in [3.63, 3.8) is 0 Å². The highest BCUT2D eigenvalue weighted by Gasteiger charge is 2.42. The maximum absolute atomic E-state index is 6.54. The van der Waals surface area contributed by atoms with E-state index in [-0.39, 0.29) is 18.1 Å². The van der Waals surface area contributed by atoms with E-state index in [1.165, 1.54) is 5.56 Å². The standard InChI is InChI=1S/C23H24Cl2N4S/c1-13(2)28-22(21(27-23(28)30)19-7-5-6-10-26-19)17-11-14(3)29(15(17)4)20-9-8-16(24)12-18(20)25/h5-13,21-22H,1-4H3,(H,27,30)/t21-,22+/m1/s1. The molecule has 4 rings (SSSR count). The lowest BCUT2D eigenvalue weighted by Crippen LogP contribution is -2.35. The van der Waals surface area contributed by atoms with Crippen molar-refractivity contribution in [2.75, 3.05) is 0 Å². The lowest BCUT2D eigenvalue weighted by Gasteiger charge is -2.31. The maximum atomic E-state index is 6.54. The van der Waals surface area contributed by atoms with Crippen LogP contribution in [0.25, 0.3) is 5.69 Å². The van der Waals surface area contributed by atoms with Gasteiger partial charge in [0, 0.05) is 28.6 Å². The number of pyridine rings is 1. The molecule has 0 spiro atoms. The van der Waals surface area contributed by atoms with Crippen LogP contribution in [0.3, 0.4) is 0 Å². The molecule has 1 fully saturated rings. The first-order valence-electron chi connectivity index (χ1n) is 9.93. The average Bonchev–Trinajstić information content (AvgIpc) is 3.19. The van der Waals surface area contributed by atoms with Gasteiger partial charge in [-0.1, -0.05) is 29.3 Å². The molecular formula is C23H24Cl2N4S. The van der Waals surface area contributed by atoms with Gasteiger partial charge in [0.15, 0.2) is 5.11 Å². The van der Waals surface area contributed by atoms with E-state index in [0.717, 1.165) is 27.9 Å². The van der Waals surface area contributed by atoms with Crippen molar-refractivity contribution in [3.05, 3.63) is 81.4 Å². The second-order valence-corrected chi connectivity index (χ2v) is 9.12. The summed E-state index contributed by atoms with van der Waals surface area (Å²) < 4.78 is 2.18. The fraction of sp³-hybridized carbons (Fsp3) is 0.304. The van der Waals surface area contributed by atoms with E-state index in [2.05, 4.69) is 53.5 Å². The zero-order valence-electron chi connectivity index (χ0n) is 17.4. The molecule has 1 saturated heterocycles. The van der Waals surface area contributed by atoms with E-state index in [1.807, 2.05) is 36.5 Å². The average molecular weight is 459 g/mol. The van der Waals surface area contributed by atoms with Gasteiger partial charge in [-0.25, -0.2) is 0 Å². The molecule has 1 aliphatic heterocycles. The van der Waals surface area contributed by atoms with Crippen molar-refractivity contribution in [2.45, 2.75) is 45.8 Å². The summed E-state index contributed by atoms with van der Waals surface area (Å²) in [6.45, 7) is 8.55. The molecule has 0 bridgehead atoms. The minimum atomic E-state index is -0.0317. The summed E-state index contributed by atoms with van der Waals surface area (Å²) in [5.74, 6) is 0. The van der Waals surface area contributed by atoms with Gasteiger partial charge in [-0.2, -0.15) is 0 Å². The number of hydrogen-bond acceptors (Lipinski definition) is 2. The molecule has 0 radical (unpaired) electrons. The molecule has 0 unspecified atom stereocenters. The molecule has 1 N–H and O–H groups in total. The van der Waals surface area contributed by atoms with E-state index >= 15 is 0 Å². The Kier molecular flexibility index (Phi) is 5.80. The van der Waals surface area contributed by atoms with Crippen LogP contribution in [0.15, 0.2) is 48.7 Å². The van der Waals surface area contributed by atoms with Crippen molar-refractivity contribution >= 4 is 40.5 Å². The quantitative estimate of drug-likeness (QED) is 0.473. The normalized spacial score (nSPS) is 18.9. The zero-order valence-corrected chi connectivity index (χ0v) is 19.7. The lowest BCUT2D eigenvalue weighted by atomic mass is 9.96. The molecule has 156 valence electrons. The Morgan fingerprint density at radius 2 is 1.87 bits per heavy atom. The summed E-state index contributed by atoms with van der Waals surface area (Å²) >= 11 is 18.4. The fourth-order valence-corrected chi connectivity index (χ4v) is 5.32. The molecule has 4 nitrogen and oxygen atoms in total. The molecule has 2 aromatic heterocycles. The minimum absolute atomic E-state index is 0.0263. The Bertz CT molecular complexity index is 1090. The highest BCUT2D eigenvalue weighted by molar-refractivity contribution is 7.80. The van der Waals surface area contributed by atoms with Crippen molar-refractivity contribution in [2.24, 2.45) is 0 Å². The molecule has 3 heterocycles. The number of halogens is 2. The van der Waals surface area contributed by atoms with Gasteiger partial charge in [-0.05, 0) is 81.9 Å². The Balaban J connectivity index is 1.87. The van der Waals surface area contributed by atoms with E-state index in [9.17, 15) is 0 Å². The number of rotatable bonds is 4. The predicted molar refractivity (Wildman–Crippen MR) is 128 cm³/mol. The van der Waals surface area contributed by atoms with Crippen LogP contribution >= 0.6 is 35.4 Å². The number of nitrogens with zero attached hydrogens (tertiary/aromatic N) is 3. The third kappa shape index (κ3) is 3.59. The summed E-state index contributed by atoms with van der Waals surface area (Å²) in [5, 5.41) is 5.50. The maximum Gasteiger partial charge on any atom is 0.170 e. The first-order chi connectivity index (χ1) is 14.3. The fourth-order valence-electron chi connectivity index (χ4n) is 4.37. The minimum Gasteiger partial charge on any atom is -0.352 e. The Morgan fingerprint density at radius 3 is 2.50 bits per heavy atom. The van der Waals surface area contributed by atoms with Crippen LogP contribution in [0.4, 0.5) is 0 Å². The van der Waals surface area contributed by atoms with Gasteiger partial charge in [0.05, 0.1) is 28.5 Å². The van der Waals surface area contributed by atoms with Gasteiger partial charge >= 0.3 is 0 Å². The number of aryl methyl sites for hydroxylation is 1. The van der Waals surface area contributed by atoms with Crippen LogP contribution in [0.5, 0.6) is 0 Å². The molecule has 1 aromatic carbocycles. The monoisotopic (exact) mass is 458 g/mol. The second-order valence-electron chi connectivity index (χ2n) is 7.89. The predicted octanol–water partition coefficient (Wildman–Crippen LogP) is 6.18. The van der Waals surface area contributed by atoms with Crippen LogP contribution in [0.1, 0.15) is 48.6 Å². The number of nitrogens with one attached hydrogen (secondary N) is 1. The largest absolute Gasteiger partial charge is 0.352 e. The van der Waals surface area contributed by atoms with E-state index in [1.54, 1.807) is 6.07 Å². The topological polar surface area (TPSA) is 33.1 Å². The summed E-state index contributed by atoms with van der Waals surface area (Å²) in [6.07, 6.45) is 1.83. The lowest BCUT2D eigenvalue weighted by molar-refractivity contribution is 0.269. The first kappa shape index (κ1) is 21.2. The van der Waals surface area contributed by atoms with Gasteiger partial charge < -0.3 is 14.8 Å². The summed E-state index contributed by atoms with van der Waals surface area (Å²) in [4.78, 5) is 6.88. The third-order valence-electron chi connectivity index (χ3n) is 5.63. The molecule has 30 heavy (non-hydrogen) atoms. The highest BCUT2D eigenvalue weighted by atomic mass is 35.5. The van der Waals surface area contributed by atoms with Crippen molar-refractivity contribution in [1.82, 2.24) is 19.8 Å². The molecule has 0 aliphatic carbocycles. The molecule has 1 aliphatic rings. The van der Waals surface area contributed by atoms with Gasteiger partial charge in [0.1, 0.15) is 0 Å². The number of aromatic nitrogens is 2. The Labute approximate surface area is 192 Å². The number of hydrogen-bond donors (Lipinski definition) is 1. The molecule has 0 amide bonds. The van der Waals surface area contributed by atoms with Crippen molar-refractivity contribution < 1.29 is 0 Å².